The molecule has 160 valence electrons. The highest BCUT2D eigenvalue weighted by molar-refractivity contribution is 5.86. The van der Waals surface area contributed by atoms with Crippen LogP contribution in [0.15, 0.2) is 54.6 Å². The van der Waals surface area contributed by atoms with Gasteiger partial charge in [0.05, 0.1) is 0 Å². The molecule has 2 aromatic rings. The lowest BCUT2D eigenvalue weighted by molar-refractivity contribution is -0.167. The topological polar surface area (TPSA) is 81.6 Å². The van der Waals surface area contributed by atoms with Gasteiger partial charge in [-0.1, -0.05) is 54.6 Å². The second-order valence-corrected chi connectivity index (χ2v) is 7.11. The Kier molecular flexibility index (Phi) is 9.16. The molecule has 2 rings (SSSR count). The number of hydroxylamine groups is 1. The van der Waals surface area contributed by atoms with Crippen LogP contribution in [0.3, 0.4) is 0 Å². The highest BCUT2D eigenvalue weighted by atomic mass is 35.5. The van der Waals surface area contributed by atoms with Crippen molar-refractivity contribution in [3.05, 3.63) is 60.2 Å². The van der Waals surface area contributed by atoms with Crippen molar-refractivity contribution in [3.8, 4) is 11.1 Å². The lowest BCUT2D eigenvalue weighted by Gasteiger charge is -2.40. The Bertz CT molecular complexity index is 773. The molecule has 0 aliphatic rings. The number of hydrogen-bond acceptors (Lipinski definition) is 4. The summed E-state index contributed by atoms with van der Waals surface area (Å²) in [6, 6.07) is 18.0. The Morgan fingerprint density at radius 3 is 2.10 bits per heavy atom. The van der Waals surface area contributed by atoms with Crippen LogP contribution in [0.1, 0.15) is 25.8 Å². The van der Waals surface area contributed by atoms with E-state index in [1.54, 1.807) is 0 Å². The number of alkyl halides is 2. The molecule has 0 bridgehead atoms. The number of amides is 1. The van der Waals surface area contributed by atoms with Gasteiger partial charge in [0.2, 0.25) is 0 Å². The summed E-state index contributed by atoms with van der Waals surface area (Å²) in [5.41, 5.74) is -0.0660. The van der Waals surface area contributed by atoms with Gasteiger partial charge in [0.25, 0.3) is 12.3 Å². The van der Waals surface area contributed by atoms with E-state index in [0.29, 0.717) is 12.8 Å². The molecular weight excluding hydrogens is 402 g/mol. The number of aryl methyl sites for hydroxylation is 1. The first-order valence-corrected chi connectivity index (χ1v) is 9.07. The molecule has 0 fully saturated rings. The zero-order chi connectivity index (χ0) is 20.8. The second kappa shape index (κ2) is 10.6. The van der Waals surface area contributed by atoms with Crippen molar-refractivity contribution < 1.29 is 23.9 Å². The average molecular weight is 429 g/mol. The summed E-state index contributed by atoms with van der Waals surface area (Å²) in [6.45, 7) is 2.20. The van der Waals surface area contributed by atoms with Gasteiger partial charge in [0, 0.05) is 0 Å². The lowest BCUT2D eigenvalue weighted by Crippen LogP contribution is -2.70. The Hall–Kier alpha value is -2.06. The Labute approximate surface area is 175 Å². The van der Waals surface area contributed by atoms with Crippen molar-refractivity contribution in [1.82, 2.24) is 10.8 Å². The molecule has 0 heterocycles. The van der Waals surface area contributed by atoms with Crippen molar-refractivity contribution in [3.63, 3.8) is 0 Å². The highest BCUT2D eigenvalue weighted by Gasteiger charge is 2.54. The van der Waals surface area contributed by atoms with E-state index in [1.807, 2.05) is 54.6 Å². The van der Waals surface area contributed by atoms with Gasteiger partial charge in [-0.05, 0) is 49.9 Å². The fraction of sp³-hybridized carbons (Fsp3) is 0.381. The molecule has 8 heteroatoms. The van der Waals surface area contributed by atoms with E-state index in [2.05, 4.69) is 5.32 Å². The van der Waals surface area contributed by atoms with Crippen molar-refractivity contribution in [2.75, 3.05) is 6.54 Å². The number of benzene rings is 2. The van der Waals surface area contributed by atoms with Crippen LogP contribution in [-0.2, 0) is 11.2 Å². The van der Waals surface area contributed by atoms with Gasteiger partial charge in [0.15, 0.2) is 0 Å². The summed E-state index contributed by atoms with van der Waals surface area (Å²) < 4.78 is 26.4. The SMILES string of the molecule is CC(NCCCc1ccc(-c2ccccc2)cc1)(C(=O)NO)C(C)(O)C(F)F.Cl. The summed E-state index contributed by atoms with van der Waals surface area (Å²) in [5, 5.41) is 21.6. The van der Waals surface area contributed by atoms with Crippen LogP contribution in [0, 0.1) is 0 Å². The van der Waals surface area contributed by atoms with Crippen molar-refractivity contribution in [1.29, 1.82) is 0 Å². The van der Waals surface area contributed by atoms with Gasteiger partial charge in [-0.15, -0.1) is 12.4 Å². The van der Waals surface area contributed by atoms with Crippen molar-refractivity contribution in [2.45, 2.75) is 44.3 Å². The predicted octanol–water partition coefficient (Wildman–Crippen LogP) is 3.58. The molecule has 0 aliphatic heterocycles. The predicted molar refractivity (Wildman–Crippen MR) is 110 cm³/mol. The molecule has 5 nitrogen and oxygen atoms in total. The van der Waals surface area contributed by atoms with Crippen molar-refractivity contribution in [2.24, 2.45) is 0 Å². The summed E-state index contributed by atoms with van der Waals surface area (Å²) in [7, 11) is 0. The molecular formula is C21H27ClF2N2O3. The summed E-state index contributed by atoms with van der Waals surface area (Å²) >= 11 is 0. The summed E-state index contributed by atoms with van der Waals surface area (Å²) in [5.74, 6) is -1.12. The number of hydrogen-bond donors (Lipinski definition) is 4. The number of aliphatic hydroxyl groups is 1. The molecule has 0 saturated carbocycles. The minimum atomic E-state index is -3.17. The van der Waals surface area contributed by atoms with E-state index < -0.39 is 23.5 Å². The third kappa shape index (κ3) is 5.73. The molecule has 0 aliphatic carbocycles. The molecule has 2 unspecified atom stereocenters. The van der Waals surface area contributed by atoms with Gasteiger partial charge in [-0.2, -0.15) is 0 Å². The monoisotopic (exact) mass is 428 g/mol. The molecule has 0 radical (unpaired) electrons. The van der Waals surface area contributed by atoms with Crippen LogP contribution in [0.4, 0.5) is 8.78 Å². The number of rotatable bonds is 9. The molecule has 2 atom stereocenters. The number of halogens is 3. The molecule has 0 aromatic heterocycles. The molecule has 1 amide bonds. The molecule has 4 N–H and O–H groups in total. The van der Waals surface area contributed by atoms with Gasteiger partial charge < -0.3 is 10.4 Å². The summed E-state index contributed by atoms with van der Waals surface area (Å²) in [4.78, 5) is 11.9. The van der Waals surface area contributed by atoms with Crippen LogP contribution in [0.5, 0.6) is 0 Å². The first-order valence-electron chi connectivity index (χ1n) is 9.07. The van der Waals surface area contributed by atoms with E-state index in [1.165, 1.54) is 5.48 Å². The maximum Gasteiger partial charge on any atom is 0.268 e. The fourth-order valence-corrected chi connectivity index (χ4v) is 2.94. The van der Waals surface area contributed by atoms with E-state index in [9.17, 15) is 18.7 Å². The number of nitrogens with one attached hydrogen (secondary N) is 2. The van der Waals surface area contributed by atoms with E-state index >= 15 is 0 Å². The Balaban J connectivity index is 0.00000420. The smallest absolute Gasteiger partial charge is 0.268 e. The fourth-order valence-electron chi connectivity index (χ4n) is 2.94. The zero-order valence-electron chi connectivity index (χ0n) is 16.4. The minimum absolute atomic E-state index is 0. The Morgan fingerprint density at radius 1 is 1.03 bits per heavy atom. The quantitative estimate of drug-likeness (QED) is 0.279. The number of carbonyl (C=O) groups excluding carboxylic acids is 1. The molecule has 0 spiro atoms. The standard InChI is InChI=1S/C21H26F2N2O3.ClH/c1-20(19(26)25-28,21(2,27)18(22)23)24-14-6-7-15-10-12-17(13-11-15)16-8-4-3-5-9-16;/h3-5,8-13,18,24,27-28H,6-7,14H2,1-2H3,(H,25,26);1H. The zero-order valence-corrected chi connectivity index (χ0v) is 17.2. The second-order valence-electron chi connectivity index (χ2n) is 7.11. The van der Waals surface area contributed by atoms with Crippen LogP contribution in [0.2, 0.25) is 0 Å². The minimum Gasteiger partial charge on any atom is -0.382 e. The van der Waals surface area contributed by atoms with Crippen molar-refractivity contribution >= 4 is 18.3 Å². The van der Waals surface area contributed by atoms with E-state index in [0.717, 1.165) is 30.5 Å². The van der Waals surface area contributed by atoms with Gasteiger partial charge in [-0.25, -0.2) is 14.3 Å². The summed E-state index contributed by atoms with van der Waals surface area (Å²) in [6.07, 6.45) is -1.96. The number of carbonyl (C=O) groups is 1. The third-order valence-electron chi connectivity index (χ3n) is 5.17. The van der Waals surface area contributed by atoms with Crippen LogP contribution < -0.4 is 10.8 Å². The molecule has 29 heavy (non-hydrogen) atoms. The first-order chi connectivity index (χ1) is 13.2. The van der Waals surface area contributed by atoms with E-state index in [-0.39, 0.29) is 19.0 Å². The lowest BCUT2D eigenvalue weighted by atomic mass is 9.81. The average Bonchev–Trinajstić information content (AvgIpc) is 2.71. The highest BCUT2D eigenvalue weighted by Crippen LogP contribution is 2.29. The van der Waals surface area contributed by atoms with Gasteiger partial charge in [-0.3, -0.25) is 10.0 Å². The maximum atomic E-state index is 13.2. The first kappa shape index (κ1) is 25.0. The van der Waals surface area contributed by atoms with Crippen LogP contribution >= 0.6 is 12.4 Å². The normalized spacial score (nSPS) is 15.1. The van der Waals surface area contributed by atoms with Crippen LogP contribution in [0.25, 0.3) is 11.1 Å². The van der Waals surface area contributed by atoms with Gasteiger partial charge >= 0.3 is 0 Å². The largest absolute Gasteiger partial charge is 0.382 e. The molecule has 2 aromatic carbocycles. The third-order valence-corrected chi connectivity index (χ3v) is 5.17. The maximum absolute atomic E-state index is 13.2. The van der Waals surface area contributed by atoms with Crippen LogP contribution in [-0.4, -0.2) is 40.3 Å². The molecule has 0 saturated heterocycles. The van der Waals surface area contributed by atoms with Gasteiger partial charge in [0.1, 0.15) is 11.1 Å². The van der Waals surface area contributed by atoms with E-state index in [4.69, 9.17) is 5.21 Å². The Morgan fingerprint density at radius 2 is 1.59 bits per heavy atom.